The normalized spacial score (nSPS) is 11.8. The van der Waals surface area contributed by atoms with E-state index < -0.39 is 6.41 Å². The summed E-state index contributed by atoms with van der Waals surface area (Å²) in [5.41, 5.74) is 2.20. The van der Waals surface area contributed by atoms with Crippen LogP contribution in [0.5, 0.6) is 11.5 Å². The average Bonchev–Trinajstić information content (AvgIpc) is 2.60. The van der Waals surface area contributed by atoms with Gasteiger partial charge in [0.2, 0.25) is 0 Å². The molecule has 4 heteroatoms. The second-order valence-corrected chi connectivity index (χ2v) is 11.5. The zero-order chi connectivity index (χ0) is 17.0. The van der Waals surface area contributed by atoms with Crippen LogP contribution in [-0.4, -0.2) is 15.6 Å². The minimum absolute atomic E-state index is 0.863. The van der Waals surface area contributed by atoms with Crippen LogP contribution in [0.2, 0.25) is 0 Å². The SMILES string of the molecule is Cc1ccccc1O[PH]([SeH])(Oc1ccccc1C)c1ccccc1. The van der Waals surface area contributed by atoms with E-state index in [4.69, 9.17) is 9.05 Å². The van der Waals surface area contributed by atoms with Gasteiger partial charge in [0.1, 0.15) is 0 Å². The molecule has 0 spiro atoms. The van der Waals surface area contributed by atoms with Gasteiger partial charge in [-0.3, -0.25) is 0 Å². The molecule has 3 rings (SSSR count). The number of hydrogen-bond acceptors (Lipinski definition) is 2. The molecule has 3 aromatic carbocycles. The molecule has 3 aromatic rings. The van der Waals surface area contributed by atoms with Gasteiger partial charge in [-0.15, -0.1) is 0 Å². The van der Waals surface area contributed by atoms with Gasteiger partial charge in [0.15, 0.2) is 0 Å². The van der Waals surface area contributed by atoms with Crippen LogP contribution in [-0.2, 0) is 0 Å². The van der Waals surface area contributed by atoms with Gasteiger partial charge in [-0.05, 0) is 0 Å². The van der Waals surface area contributed by atoms with E-state index in [1.807, 2.05) is 54.6 Å². The van der Waals surface area contributed by atoms with Crippen molar-refractivity contribution >= 4 is 27.3 Å². The Labute approximate surface area is 151 Å². The van der Waals surface area contributed by atoms with Crippen molar-refractivity contribution < 1.29 is 9.05 Å². The summed E-state index contributed by atoms with van der Waals surface area (Å²) in [5, 5.41) is 1.08. The summed E-state index contributed by atoms with van der Waals surface area (Å²) in [7, 11) is 0. The molecule has 0 saturated carbocycles. The fraction of sp³-hybridized carbons (Fsp3) is 0.100. The molecule has 0 heterocycles. The van der Waals surface area contributed by atoms with Crippen molar-refractivity contribution in [2.24, 2.45) is 0 Å². The monoisotopic (exact) mass is 404 g/mol. The third-order valence-corrected chi connectivity index (χ3v) is 8.65. The Morgan fingerprint density at radius 1 is 0.625 bits per heavy atom. The van der Waals surface area contributed by atoms with Crippen molar-refractivity contribution in [2.75, 3.05) is 0 Å². The Morgan fingerprint density at radius 3 is 1.50 bits per heavy atom. The molecular formula is C20H21O2PSe. The van der Waals surface area contributed by atoms with Gasteiger partial charge in [-0.2, -0.15) is 0 Å². The Kier molecular flexibility index (Phi) is 5.26. The van der Waals surface area contributed by atoms with E-state index >= 15 is 0 Å². The fourth-order valence-corrected chi connectivity index (χ4v) is 6.55. The summed E-state index contributed by atoms with van der Waals surface area (Å²) >= 11 is 2.68. The first kappa shape index (κ1) is 17.0. The second-order valence-electron chi connectivity index (χ2n) is 5.68. The van der Waals surface area contributed by atoms with Crippen molar-refractivity contribution in [3.05, 3.63) is 90.0 Å². The summed E-state index contributed by atoms with van der Waals surface area (Å²) in [6.45, 7) is 4.10. The van der Waals surface area contributed by atoms with Gasteiger partial charge in [0, 0.05) is 0 Å². The van der Waals surface area contributed by atoms with Gasteiger partial charge in [-0.25, -0.2) is 0 Å². The molecule has 0 radical (unpaired) electrons. The summed E-state index contributed by atoms with van der Waals surface area (Å²) < 4.78 is 12.9. The molecule has 0 atom stereocenters. The number of para-hydroxylation sites is 2. The number of aryl methyl sites for hydroxylation is 2. The Morgan fingerprint density at radius 2 is 1.04 bits per heavy atom. The van der Waals surface area contributed by atoms with E-state index in [1.165, 1.54) is 0 Å². The molecule has 2 nitrogen and oxygen atoms in total. The van der Waals surface area contributed by atoms with Crippen molar-refractivity contribution in [1.29, 1.82) is 0 Å². The van der Waals surface area contributed by atoms with Crippen LogP contribution >= 0.6 is 6.41 Å². The molecule has 0 unspecified atom stereocenters. The van der Waals surface area contributed by atoms with Crippen molar-refractivity contribution in [2.45, 2.75) is 13.8 Å². The first-order valence-corrected chi connectivity index (χ1v) is 12.4. The van der Waals surface area contributed by atoms with E-state index in [-0.39, 0.29) is 0 Å². The van der Waals surface area contributed by atoms with Gasteiger partial charge in [0.05, 0.1) is 0 Å². The average molecular weight is 403 g/mol. The third-order valence-electron chi connectivity index (χ3n) is 3.82. The molecule has 0 N–H and O–H groups in total. The van der Waals surface area contributed by atoms with E-state index in [9.17, 15) is 0 Å². The second kappa shape index (κ2) is 7.40. The van der Waals surface area contributed by atoms with Crippen LogP contribution < -0.4 is 14.4 Å². The molecule has 0 amide bonds. The first-order valence-electron chi connectivity index (χ1n) is 7.86. The molecule has 0 fully saturated rings. The van der Waals surface area contributed by atoms with Gasteiger partial charge < -0.3 is 0 Å². The Balaban J connectivity index is 2.01. The zero-order valence-corrected chi connectivity index (χ0v) is 16.6. The van der Waals surface area contributed by atoms with Crippen LogP contribution in [0.15, 0.2) is 78.9 Å². The summed E-state index contributed by atoms with van der Waals surface area (Å²) in [6.07, 6.45) is -2.73. The van der Waals surface area contributed by atoms with E-state index in [2.05, 4.69) is 53.7 Å². The molecular weight excluding hydrogens is 382 g/mol. The molecule has 0 aliphatic carbocycles. The maximum absolute atomic E-state index is 6.47. The molecule has 0 aromatic heterocycles. The third kappa shape index (κ3) is 3.82. The predicted octanol–water partition coefficient (Wildman–Crippen LogP) is 4.48. The van der Waals surface area contributed by atoms with Crippen LogP contribution in [0, 0.1) is 13.8 Å². The van der Waals surface area contributed by atoms with E-state index in [0.717, 1.165) is 27.9 Å². The van der Waals surface area contributed by atoms with E-state index in [1.54, 1.807) is 0 Å². The maximum atomic E-state index is 6.47. The van der Waals surface area contributed by atoms with Gasteiger partial charge >= 0.3 is 152 Å². The summed E-state index contributed by atoms with van der Waals surface area (Å²) in [4.78, 5) is 0. The molecule has 0 bridgehead atoms. The van der Waals surface area contributed by atoms with Gasteiger partial charge in [-0.1, -0.05) is 0 Å². The summed E-state index contributed by atoms with van der Waals surface area (Å²) in [6, 6.07) is 26.3. The van der Waals surface area contributed by atoms with Gasteiger partial charge in [0.25, 0.3) is 0 Å². The first-order chi connectivity index (χ1) is 11.6. The van der Waals surface area contributed by atoms with Crippen LogP contribution in [0.4, 0.5) is 0 Å². The Bertz CT molecular complexity index is 773. The minimum atomic E-state index is -2.73. The molecule has 0 aliphatic rings. The predicted molar refractivity (Wildman–Crippen MR) is 105 cm³/mol. The van der Waals surface area contributed by atoms with Crippen molar-refractivity contribution in [3.8, 4) is 11.5 Å². The molecule has 0 aliphatic heterocycles. The van der Waals surface area contributed by atoms with Crippen LogP contribution in [0.1, 0.15) is 11.1 Å². The summed E-state index contributed by atoms with van der Waals surface area (Å²) in [5.74, 6) is 1.73. The van der Waals surface area contributed by atoms with E-state index in [0.29, 0.717) is 0 Å². The number of rotatable bonds is 5. The van der Waals surface area contributed by atoms with Crippen LogP contribution in [0.25, 0.3) is 0 Å². The van der Waals surface area contributed by atoms with Crippen molar-refractivity contribution in [1.82, 2.24) is 0 Å². The number of benzene rings is 3. The van der Waals surface area contributed by atoms with Crippen molar-refractivity contribution in [3.63, 3.8) is 0 Å². The molecule has 0 saturated heterocycles. The topological polar surface area (TPSA) is 18.5 Å². The Hall–Kier alpha value is -1.79. The molecule has 124 valence electrons. The fourth-order valence-electron chi connectivity index (χ4n) is 2.43. The number of hydrogen-bond donors (Lipinski definition) is 0. The quantitative estimate of drug-likeness (QED) is 0.462. The molecule has 24 heavy (non-hydrogen) atoms. The standard InChI is InChI=1S/C20H21O2PSe/c1-16-10-6-8-14-19(16)21-23(24,18-12-4-3-5-13-18)22-20-15-9-7-11-17(20)2/h3-15,23-24H,1-2H3. The van der Waals surface area contributed by atoms with Crippen LogP contribution in [0.3, 0.4) is 0 Å². The zero-order valence-electron chi connectivity index (χ0n) is 13.8.